The number of anilines is 2. The Labute approximate surface area is 176 Å². The molecule has 4 N–H and O–H groups in total. The summed E-state index contributed by atoms with van der Waals surface area (Å²) >= 11 is 0. The number of benzene rings is 2. The number of rotatable bonds is 8. The number of aromatic nitrogens is 2. The molecule has 0 bridgehead atoms. The molecule has 0 aliphatic carbocycles. The number of nitrogens with two attached hydrogens (primary N) is 1. The van der Waals surface area contributed by atoms with Crippen LogP contribution in [0.1, 0.15) is 35.3 Å². The van der Waals surface area contributed by atoms with Crippen molar-refractivity contribution < 1.29 is 9.59 Å². The second-order valence-electron chi connectivity index (χ2n) is 7.66. The molecule has 2 amide bonds. The smallest absolute Gasteiger partial charge is 0.255 e. The lowest BCUT2D eigenvalue weighted by atomic mass is 10.1. The lowest BCUT2D eigenvalue weighted by Crippen LogP contribution is -2.28. The molecule has 0 aliphatic rings. The number of hydrogen-bond acceptors (Lipinski definition) is 4. The minimum Gasteiger partial charge on any atom is -0.397 e. The standard InChI is InChI=1S/C23H27N5O2/c1-16(2)12-25-22(29)11-18-13-26-28(15-18)14-17-7-9-19(10-8-17)23(30)27-21-6-4-3-5-20(21)24/h3-10,13,15-16H,11-12,14,24H2,1-2H3,(H,25,29)(H,27,30). The molecule has 0 radical (unpaired) electrons. The zero-order valence-electron chi connectivity index (χ0n) is 17.3. The molecule has 0 saturated heterocycles. The highest BCUT2D eigenvalue weighted by Gasteiger charge is 2.09. The predicted molar refractivity (Wildman–Crippen MR) is 118 cm³/mol. The summed E-state index contributed by atoms with van der Waals surface area (Å²) in [7, 11) is 0. The van der Waals surface area contributed by atoms with Crippen LogP contribution in [0, 0.1) is 5.92 Å². The van der Waals surface area contributed by atoms with Crippen molar-refractivity contribution in [3.63, 3.8) is 0 Å². The van der Waals surface area contributed by atoms with E-state index in [0.717, 1.165) is 11.1 Å². The van der Waals surface area contributed by atoms with Gasteiger partial charge in [0.25, 0.3) is 5.91 Å². The average molecular weight is 406 g/mol. The van der Waals surface area contributed by atoms with Gasteiger partial charge >= 0.3 is 0 Å². The van der Waals surface area contributed by atoms with E-state index in [0.29, 0.717) is 42.4 Å². The number of carbonyl (C=O) groups excluding carboxylic acids is 2. The van der Waals surface area contributed by atoms with Crippen LogP contribution in [0.2, 0.25) is 0 Å². The zero-order valence-corrected chi connectivity index (χ0v) is 17.3. The number of amides is 2. The van der Waals surface area contributed by atoms with E-state index >= 15 is 0 Å². The van der Waals surface area contributed by atoms with Crippen LogP contribution in [0.3, 0.4) is 0 Å². The fourth-order valence-corrected chi connectivity index (χ4v) is 2.90. The van der Waals surface area contributed by atoms with Gasteiger partial charge in [-0.3, -0.25) is 14.3 Å². The van der Waals surface area contributed by atoms with Crippen molar-refractivity contribution in [3.8, 4) is 0 Å². The Hall–Kier alpha value is -3.61. The molecule has 7 nitrogen and oxygen atoms in total. The van der Waals surface area contributed by atoms with Crippen molar-refractivity contribution in [1.29, 1.82) is 0 Å². The molecule has 7 heteroatoms. The van der Waals surface area contributed by atoms with Gasteiger partial charge in [0.05, 0.1) is 30.5 Å². The first-order chi connectivity index (χ1) is 14.4. The van der Waals surface area contributed by atoms with Crippen molar-refractivity contribution >= 4 is 23.2 Å². The van der Waals surface area contributed by atoms with Crippen molar-refractivity contribution in [2.75, 3.05) is 17.6 Å². The third kappa shape index (κ3) is 5.94. The molecule has 0 aliphatic heterocycles. The van der Waals surface area contributed by atoms with Gasteiger partial charge in [-0.2, -0.15) is 5.10 Å². The van der Waals surface area contributed by atoms with Crippen LogP contribution in [-0.2, 0) is 17.8 Å². The maximum atomic E-state index is 12.4. The van der Waals surface area contributed by atoms with Gasteiger partial charge in [-0.1, -0.05) is 38.1 Å². The molecule has 0 atom stereocenters. The summed E-state index contributed by atoms with van der Waals surface area (Å²) in [6.45, 7) is 5.35. The molecule has 30 heavy (non-hydrogen) atoms. The minimum atomic E-state index is -0.215. The molecule has 1 aromatic heterocycles. The molecule has 156 valence electrons. The maximum absolute atomic E-state index is 12.4. The van der Waals surface area contributed by atoms with E-state index in [1.54, 1.807) is 35.1 Å². The van der Waals surface area contributed by atoms with E-state index in [1.807, 2.05) is 30.5 Å². The van der Waals surface area contributed by atoms with Crippen molar-refractivity contribution in [3.05, 3.63) is 77.6 Å². The second kappa shape index (κ2) is 9.73. The van der Waals surface area contributed by atoms with Crippen molar-refractivity contribution in [2.24, 2.45) is 5.92 Å². The van der Waals surface area contributed by atoms with Crippen LogP contribution >= 0.6 is 0 Å². The Balaban J connectivity index is 1.56. The first kappa shape index (κ1) is 21.1. The number of nitrogens with one attached hydrogen (secondary N) is 2. The summed E-state index contributed by atoms with van der Waals surface area (Å²) < 4.78 is 1.78. The molecular formula is C23H27N5O2. The molecule has 1 heterocycles. The number of nitrogens with zero attached hydrogens (tertiary/aromatic N) is 2. The Morgan fingerprint density at radius 3 is 2.50 bits per heavy atom. The summed E-state index contributed by atoms with van der Waals surface area (Å²) in [4.78, 5) is 24.4. The summed E-state index contributed by atoms with van der Waals surface area (Å²) in [5.41, 5.74) is 9.40. The Morgan fingerprint density at radius 2 is 1.80 bits per heavy atom. The molecule has 3 rings (SSSR count). The second-order valence-corrected chi connectivity index (χ2v) is 7.66. The number of carbonyl (C=O) groups is 2. The SMILES string of the molecule is CC(C)CNC(=O)Cc1cnn(Cc2ccc(C(=O)Nc3ccccc3N)cc2)c1. The van der Waals surface area contributed by atoms with E-state index in [2.05, 4.69) is 29.6 Å². The van der Waals surface area contributed by atoms with Gasteiger partial charge in [0.15, 0.2) is 0 Å². The quantitative estimate of drug-likeness (QED) is 0.501. The molecule has 0 spiro atoms. The van der Waals surface area contributed by atoms with Gasteiger partial charge < -0.3 is 16.4 Å². The van der Waals surface area contributed by atoms with Crippen LogP contribution in [0.15, 0.2) is 60.9 Å². The van der Waals surface area contributed by atoms with Crippen LogP contribution in [0.5, 0.6) is 0 Å². The van der Waals surface area contributed by atoms with Gasteiger partial charge in [-0.15, -0.1) is 0 Å². The minimum absolute atomic E-state index is 0.00216. The number of para-hydroxylation sites is 2. The van der Waals surface area contributed by atoms with Gasteiger partial charge in [0.2, 0.25) is 5.91 Å². The van der Waals surface area contributed by atoms with Crippen LogP contribution in [0.25, 0.3) is 0 Å². The molecule has 3 aromatic rings. The lowest BCUT2D eigenvalue weighted by Gasteiger charge is -2.08. The third-order valence-corrected chi connectivity index (χ3v) is 4.53. The van der Waals surface area contributed by atoms with Gasteiger partial charge in [0.1, 0.15) is 0 Å². The van der Waals surface area contributed by atoms with Crippen molar-refractivity contribution in [2.45, 2.75) is 26.8 Å². The third-order valence-electron chi connectivity index (χ3n) is 4.53. The van der Waals surface area contributed by atoms with Crippen molar-refractivity contribution in [1.82, 2.24) is 15.1 Å². The topological polar surface area (TPSA) is 102 Å². The maximum Gasteiger partial charge on any atom is 0.255 e. The fraction of sp³-hybridized carbons (Fsp3) is 0.261. The van der Waals surface area contributed by atoms with E-state index in [4.69, 9.17) is 5.73 Å². The van der Waals surface area contributed by atoms with E-state index in [1.165, 1.54) is 0 Å². The molecule has 0 saturated carbocycles. The summed E-state index contributed by atoms with van der Waals surface area (Å²) in [5.74, 6) is 0.206. The highest BCUT2D eigenvalue weighted by molar-refractivity contribution is 6.05. The predicted octanol–water partition coefficient (Wildman–Crippen LogP) is 3.08. The highest BCUT2D eigenvalue weighted by atomic mass is 16.2. The van der Waals surface area contributed by atoms with E-state index in [9.17, 15) is 9.59 Å². The molecule has 0 fully saturated rings. The van der Waals surface area contributed by atoms with E-state index in [-0.39, 0.29) is 11.8 Å². The highest BCUT2D eigenvalue weighted by Crippen LogP contribution is 2.18. The Morgan fingerprint density at radius 1 is 1.07 bits per heavy atom. The summed E-state index contributed by atoms with van der Waals surface area (Å²) in [6.07, 6.45) is 3.89. The van der Waals surface area contributed by atoms with Crippen LogP contribution in [-0.4, -0.2) is 28.1 Å². The van der Waals surface area contributed by atoms with Crippen LogP contribution in [0.4, 0.5) is 11.4 Å². The fourth-order valence-electron chi connectivity index (χ4n) is 2.90. The van der Waals surface area contributed by atoms with Gasteiger partial charge in [0, 0.05) is 18.3 Å². The van der Waals surface area contributed by atoms with Gasteiger partial charge in [-0.25, -0.2) is 0 Å². The van der Waals surface area contributed by atoms with Gasteiger partial charge in [-0.05, 0) is 41.3 Å². The normalized spacial score (nSPS) is 10.8. The zero-order chi connectivity index (χ0) is 21.5. The lowest BCUT2D eigenvalue weighted by molar-refractivity contribution is -0.120. The largest absolute Gasteiger partial charge is 0.397 e. The molecule has 0 unspecified atom stereocenters. The summed E-state index contributed by atoms with van der Waals surface area (Å²) in [6, 6.07) is 14.5. The molecule has 2 aromatic carbocycles. The van der Waals surface area contributed by atoms with Crippen LogP contribution < -0.4 is 16.4 Å². The van der Waals surface area contributed by atoms with E-state index < -0.39 is 0 Å². The monoisotopic (exact) mass is 405 g/mol. The Kier molecular flexibility index (Phi) is 6.85. The first-order valence-electron chi connectivity index (χ1n) is 9.93. The first-order valence-corrected chi connectivity index (χ1v) is 9.93. The number of hydrogen-bond donors (Lipinski definition) is 3. The average Bonchev–Trinajstić information content (AvgIpc) is 3.15. The summed E-state index contributed by atoms with van der Waals surface area (Å²) in [5, 5.41) is 10.0. The Bertz CT molecular complexity index is 1010. The molecular weight excluding hydrogens is 378 g/mol. The number of nitrogen functional groups attached to an aromatic ring is 1.